The number of benzene rings is 2. The van der Waals surface area contributed by atoms with Crippen molar-refractivity contribution in [2.45, 2.75) is 33.4 Å². The van der Waals surface area contributed by atoms with E-state index in [1.54, 1.807) is 19.1 Å². The van der Waals surface area contributed by atoms with E-state index in [9.17, 15) is 14.4 Å². The molecule has 1 N–H and O–H groups in total. The molecule has 0 saturated heterocycles. The number of aryl methyl sites for hydroxylation is 3. The fourth-order valence-corrected chi connectivity index (χ4v) is 4.14. The van der Waals surface area contributed by atoms with Crippen LogP contribution in [0.1, 0.15) is 17.3 Å². The standard InChI is InChI=1S/C23H20ClN5O6/c1-12-3-4-16(15(24)7-12)26-20(30)10-29-17-9-19-18(33-11-34-19)8-14(17)22(31)28(23(29)32)6-5-21-25-13(2)27-35-21/h3-4,7-9H,5-6,10-11H2,1-2H3,(H,26,30). The number of anilines is 1. The minimum Gasteiger partial charge on any atom is -0.454 e. The van der Waals surface area contributed by atoms with Crippen molar-refractivity contribution in [3.8, 4) is 11.5 Å². The highest BCUT2D eigenvalue weighted by Crippen LogP contribution is 2.34. The Morgan fingerprint density at radius 2 is 1.89 bits per heavy atom. The van der Waals surface area contributed by atoms with Gasteiger partial charge in [0.1, 0.15) is 6.54 Å². The Morgan fingerprint density at radius 3 is 2.60 bits per heavy atom. The van der Waals surface area contributed by atoms with Crippen molar-refractivity contribution in [2.24, 2.45) is 0 Å². The first-order valence-corrected chi connectivity index (χ1v) is 11.1. The average Bonchev–Trinajstić information content (AvgIpc) is 3.45. The number of carbonyl (C=O) groups excluding carboxylic acids is 1. The second-order valence-corrected chi connectivity index (χ2v) is 8.47. The maximum Gasteiger partial charge on any atom is 0.331 e. The van der Waals surface area contributed by atoms with Crippen LogP contribution in [0.25, 0.3) is 10.9 Å². The first-order chi connectivity index (χ1) is 16.8. The zero-order valence-corrected chi connectivity index (χ0v) is 19.6. The maximum absolute atomic E-state index is 13.4. The van der Waals surface area contributed by atoms with E-state index in [1.165, 1.54) is 16.7 Å². The van der Waals surface area contributed by atoms with Crippen LogP contribution in [0, 0.1) is 13.8 Å². The van der Waals surface area contributed by atoms with Gasteiger partial charge in [0.05, 0.1) is 21.6 Å². The quantitative estimate of drug-likeness (QED) is 0.430. The number of halogens is 1. The molecule has 0 aliphatic carbocycles. The van der Waals surface area contributed by atoms with Crippen LogP contribution in [0.15, 0.2) is 44.4 Å². The van der Waals surface area contributed by atoms with Crippen molar-refractivity contribution in [1.82, 2.24) is 19.3 Å². The summed E-state index contributed by atoms with van der Waals surface area (Å²) in [6, 6.07) is 8.25. The van der Waals surface area contributed by atoms with Crippen molar-refractivity contribution < 1.29 is 18.8 Å². The van der Waals surface area contributed by atoms with Crippen LogP contribution in [0.3, 0.4) is 0 Å². The van der Waals surface area contributed by atoms with E-state index in [2.05, 4.69) is 15.5 Å². The van der Waals surface area contributed by atoms with E-state index in [0.29, 0.717) is 28.0 Å². The molecule has 0 atom stereocenters. The maximum atomic E-state index is 13.4. The molecule has 1 amide bonds. The first-order valence-electron chi connectivity index (χ1n) is 10.7. The molecule has 0 unspecified atom stereocenters. The molecular formula is C23H20ClN5O6. The average molecular weight is 498 g/mol. The van der Waals surface area contributed by atoms with Crippen molar-refractivity contribution in [3.05, 3.63) is 73.5 Å². The summed E-state index contributed by atoms with van der Waals surface area (Å²) in [7, 11) is 0. The highest BCUT2D eigenvalue weighted by Gasteiger charge is 2.22. The third-order valence-corrected chi connectivity index (χ3v) is 5.85. The number of nitrogens with one attached hydrogen (secondary N) is 1. The highest BCUT2D eigenvalue weighted by molar-refractivity contribution is 6.33. The number of aromatic nitrogens is 4. The van der Waals surface area contributed by atoms with E-state index < -0.39 is 17.2 Å². The summed E-state index contributed by atoms with van der Waals surface area (Å²) >= 11 is 6.24. The number of carbonyl (C=O) groups is 1. The third-order valence-electron chi connectivity index (χ3n) is 5.54. The zero-order chi connectivity index (χ0) is 24.7. The van der Waals surface area contributed by atoms with Gasteiger partial charge in [-0.15, -0.1) is 0 Å². The molecule has 0 fully saturated rings. The van der Waals surface area contributed by atoms with Gasteiger partial charge < -0.3 is 19.3 Å². The molecule has 2 aromatic carbocycles. The molecule has 180 valence electrons. The van der Waals surface area contributed by atoms with Crippen LogP contribution in [0.2, 0.25) is 5.02 Å². The van der Waals surface area contributed by atoms with Gasteiger partial charge >= 0.3 is 5.69 Å². The summed E-state index contributed by atoms with van der Waals surface area (Å²) in [6.07, 6.45) is 0.164. The minimum atomic E-state index is -0.664. The fourth-order valence-electron chi connectivity index (χ4n) is 3.86. The number of hydrogen-bond donors (Lipinski definition) is 1. The minimum absolute atomic E-state index is 0.00694. The molecule has 12 heteroatoms. The molecule has 35 heavy (non-hydrogen) atoms. The van der Waals surface area contributed by atoms with E-state index >= 15 is 0 Å². The number of ether oxygens (including phenoxy) is 2. The predicted octanol–water partition coefficient (Wildman–Crippen LogP) is 2.43. The van der Waals surface area contributed by atoms with Gasteiger partial charge in [-0.3, -0.25) is 18.7 Å². The third kappa shape index (κ3) is 4.37. The van der Waals surface area contributed by atoms with Crippen molar-refractivity contribution in [3.63, 3.8) is 0 Å². The largest absolute Gasteiger partial charge is 0.454 e. The summed E-state index contributed by atoms with van der Waals surface area (Å²) in [5, 5.41) is 7.02. The molecule has 1 aliphatic heterocycles. The number of hydrogen-bond acceptors (Lipinski definition) is 8. The molecule has 1 aliphatic rings. The van der Waals surface area contributed by atoms with Crippen LogP contribution in [0.5, 0.6) is 11.5 Å². The lowest BCUT2D eigenvalue weighted by atomic mass is 10.2. The van der Waals surface area contributed by atoms with Crippen LogP contribution < -0.4 is 26.0 Å². The number of nitrogens with zero attached hydrogens (tertiary/aromatic N) is 4. The molecule has 4 aromatic rings. The summed E-state index contributed by atoms with van der Waals surface area (Å²) in [5.74, 6) is 1.01. The molecule has 11 nitrogen and oxygen atoms in total. The highest BCUT2D eigenvalue weighted by atomic mass is 35.5. The van der Waals surface area contributed by atoms with Gasteiger partial charge in [-0.25, -0.2) is 4.79 Å². The van der Waals surface area contributed by atoms with E-state index in [4.69, 9.17) is 25.6 Å². The molecule has 5 rings (SSSR count). The van der Waals surface area contributed by atoms with Crippen molar-refractivity contribution >= 4 is 34.1 Å². The Hall–Kier alpha value is -4.12. The topological polar surface area (TPSA) is 130 Å². The molecule has 3 heterocycles. The Balaban J connectivity index is 1.55. The van der Waals surface area contributed by atoms with Gasteiger partial charge in [-0.1, -0.05) is 22.8 Å². The number of fused-ring (bicyclic) bond motifs is 2. The van der Waals surface area contributed by atoms with Gasteiger partial charge in [0.25, 0.3) is 5.56 Å². The molecule has 0 saturated carbocycles. The van der Waals surface area contributed by atoms with Crippen LogP contribution in [-0.2, 0) is 24.3 Å². The monoisotopic (exact) mass is 497 g/mol. The smallest absolute Gasteiger partial charge is 0.331 e. The lowest BCUT2D eigenvalue weighted by molar-refractivity contribution is -0.116. The molecule has 2 aromatic heterocycles. The van der Waals surface area contributed by atoms with Crippen LogP contribution in [-0.4, -0.2) is 32.0 Å². The lowest BCUT2D eigenvalue weighted by Gasteiger charge is -2.15. The van der Waals surface area contributed by atoms with Gasteiger partial charge in [0.2, 0.25) is 18.6 Å². The lowest BCUT2D eigenvalue weighted by Crippen LogP contribution is -2.42. The summed E-state index contributed by atoms with van der Waals surface area (Å²) in [5.41, 5.74) is 0.409. The van der Waals surface area contributed by atoms with Gasteiger partial charge in [0.15, 0.2) is 17.3 Å². The Labute approximate surface area is 202 Å². The van der Waals surface area contributed by atoms with E-state index in [0.717, 1.165) is 10.1 Å². The first kappa shape index (κ1) is 22.7. The SMILES string of the molecule is Cc1ccc(NC(=O)Cn2c(=O)n(CCc3nc(C)no3)c(=O)c3cc4c(cc32)OCO4)c(Cl)c1. The summed E-state index contributed by atoms with van der Waals surface area (Å²) < 4.78 is 18.2. The zero-order valence-electron chi connectivity index (χ0n) is 18.8. The summed E-state index contributed by atoms with van der Waals surface area (Å²) in [4.78, 5) is 43.7. The van der Waals surface area contributed by atoms with Gasteiger partial charge in [0, 0.05) is 19.0 Å². The van der Waals surface area contributed by atoms with Crippen LogP contribution in [0.4, 0.5) is 5.69 Å². The molecule has 0 bridgehead atoms. The fraction of sp³-hybridized carbons (Fsp3) is 0.261. The van der Waals surface area contributed by atoms with Gasteiger partial charge in [-0.05, 0) is 37.6 Å². The molecule has 0 radical (unpaired) electrons. The van der Waals surface area contributed by atoms with Crippen LogP contribution >= 0.6 is 11.6 Å². The van der Waals surface area contributed by atoms with Crippen molar-refractivity contribution in [1.29, 1.82) is 0 Å². The Bertz CT molecular complexity index is 1590. The predicted molar refractivity (Wildman–Crippen MR) is 126 cm³/mol. The van der Waals surface area contributed by atoms with Crippen molar-refractivity contribution in [2.75, 3.05) is 12.1 Å². The molecular weight excluding hydrogens is 478 g/mol. The summed E-state index contributed by atoms with van der Waals surface area (Å²) in [6.45, 7) is 3.16. The second kappa shape index (κ2) is 8.91. The second-order valence-electron chi connectivity index (χ2n) is 8.06. The Kier molecular flexibility index (Phi) is 5.77. The Morgan fingerprint density at radius 1 is 1.11 bits per heavy atom. The normalized spacial score (nSPS) is 12.3. The number of rotatable bonds is 6. The molecule has 0 spiro atoms. The van der Waals surface area contributed by atoms with Gasteiger partial charge in [-0.2, -0.15) is 4.98 Å². The van der Waals surface area contributed by atoms with E-state index in [1.807, 2.05) is 13.0 Å². The number of amides is 1. The van der Waals surface area contributed by atoms with E-state index in [-0.39, 0.29) is 43.1 Å².